The summed E-state index contributed by atoms with van der Waals surface area (Å²) in [6.07, 6.45) is 29.1. The van der Waals surface area contributed by atoms with Crippen LogP contribution in [0.15, 0.2) is 78.8 Å². The van der Waals surface area contributed by atoms with Gasteiger partial charge in [0.2, 0.25) is 0 Å². The van der Waals surface area contributed by atoms with Crippen molar-refractivity contribution in [2.75, 3.05) is 0 Å². The quantitative estimate of drug-likeness (QED) is 0.144. The number of unbranched alkanes of at least 4 members (excludes halogenated alkanes) is 3. The number of halogens is 1. The van der Waals surface area contributed by atoms with Crippen LogP contribution in [0.3, 0.4) is 0 Å². The van der Waals surface area contributed by atoms with Gasteiger partial charge in [-0.25, -0.2) is 13.8 Å². The fourth-order valence-electron chi connectivity index (χ4n) is 5.37. The molecule has 0 atom stereocenters. The van der Waals surface area contributed by atoms with E-state index in [0.717, 1.165) is 9.99 Å². The zero-order valence-corrected chi connectivity index (χ0v) is 30.0. The summed E-state index contributed by atoms with van der Waals surface area (Å²) in [4.78, 5) is 22.7. The van der Waals surface area contributed by atoms with Gasteiger partial charge in [-0.3, -0.25) is 9.97 Å². The molecule has 11 nitrogen and oxygen atoms in total. The van der Waals surface area contributed by atoms with Crippen molar-refractivity contribution in [2.24, 2.45) is 0 Å². The number of fused-ring (bicyclic) bond motifs is 3. The van der Waals surface area contributed by atoms with Gasteiger partial charge >= 0.3 is 145 Å². The Morgan fingerprint density at radius 1 is 0.682 bits per heavy atom. The summed E-state index contributed by atoms with van der Waals surface area (Å²) in [7, 11) is 0. The molecule has 13 heteroatoms. The molecule has 0 aromatic carbocycles. The minimum Gasteiger partial charge on any atom is -0.478 e. The van der Waals surface area contributed by atoms with Crippen molar-refractivity contribution in [3.05, 3.63) is 84.4 Å². The fraction of sp³-hybridized carbons (Fsp3) is 0.387. The first-order valence-electron chi connectivity index (χ1n) is 15.1. The maximum Gasteiger partial charge on any atom is 0.339 e. The van der Waals surface area contributed by atoms with Gasteiger partial charge in [-0.2, -0.15) is 10.2 Å². The van der Waals surface area contributed by atoms with E-state index < -0.39 is 24.3 Å². The molecule has 0 radical (unpaired) electrons. The largest absolute Gasteiger partial charge is 0.478 e. The third-order valence-electron chi connectivity index (χ3n) is 7.76. The molecule has 0 saturated carbocycles. The molecule has 44 heavy (non-hydrogen) atoms. The first-order valence-corrected chi connectivity index (χ1v) is 23.4. The number of rotatable bonds is 11. The standard InChI is InChI=1S/C7H5N3O2.C6H4BrN3.C6H4N3.3C4H9.Sn/c11-7(12)5-3-9-10-2-1-8-4-6(5)10;7-5-3-9-10-2-1-8-4-6(5)10;1-2-8-9-4-3-7-5-6(1)9;3*1-3-4-2;/h1-4H,(H,11,12);1-4H;2-5H;3*1,3-4H2,2H3;. The SMILES string of the molecule is Brc1cnn2ccncc12.CCC[CH2][Sn]([CH2]CCC)([CH2]CCC)[c]1cnn2ccncc12.O=C(O)c1cnn2ccncc12. The molecule has 0 bridgehead atoms. The smallest absolute Gasteiger partial charge is 0.339 e. The first-order chi connectivity index (χ1) is 21.4. The van der Waals surface area contributed by atoms with E-state index in [2.05, 4.69) is 73.1 Å². The summed E-state index contributed by atoms with van der Waals surface area (Å²) >= 11 is 0.975. The third-order valence-corrected chi connectivity index (χ3v) is 23.9. The molecule has 0 amide bonds. The Hall–Kier alpha value is -3.39. The Morgan fingerprint density at radius 2 is 1.14 bits per heavy atom. The number of nitrogens with zero attached hydrogens (tertiary/aromatic N) is 9. The van der Waals surface area contributed by atoms with Crippen LogP contribution in [0.4, 0.5) is 0 Å². The second-order valence-corrected chi connectivity index (χ2v) is 24.7. The predicted molar refractivity (Wildman–Crippen MR) is 178 cm³/mol. The monoisotopic (exact) mass is 769 g/mol. The van der Waals surface area contributed by atoms with E-state index in [1.54, 1.807) is 45.3 Å². The normalized spacial score (nSPS) is 11.3. The fourth-order valence-corrected chi connectivity index (χ4v) is 22.0. The van der Waals surface area contributed by atoms with Crippen LogP contribution in [0.25, 0.3) is 16.6 Å². The van der Waals surface area contributed by atoms with E-state index in [1.165, 1.54) is 74.3 Å². The molecule has 6 aromatic heterocycles. The number of carboxylic acids is 1. The van der Waals surface area contributed by atoms with Crippen LogP contribution in [-0.4, -0.2) is 73.2 Å². The van der Waals surface area contributed by atoms with E-state index in [-0.39, 0.29) is 5.56 Å². The van der Waals surface area contributed by atoms with Crippen LogP contribution >= 0.6 is 15.9 Å². The van der Waals surface area contributed by atoms with Gasteiger partial charge in [-0.05, 0) is 15.9 Å². The van der Waals surface area contributed by atoms with Crippen LogP contribution in [-0.2, 0) is 0 Å². The molecule has 0 aliphatic heterocycles. The Morgan fingerprint density at radius 3 is 1.66 bits per heavy atom. The number of hydrogen-bond donors (Lipinski definition) is 1. The van der Waals surface area contributed by atoms with Crippen molar-refractivity contribution in [1.29, 1.82) is 0 Å². The Bertz CT molecular complexity index is 1750. The zero-order chi connectivity index (χ0) is 31.4. The molecule has 6 rings (SSSR count). The van der Waals surface area contributed by atoms with Crippen molar-refractivity contribution >= 4 is 60.4 Å². The molecule has 0 aliphatic carbocycles. The van der Waals surface area contributed by atoms with Gasteiger partial charge in [0, 0.05) is 24.8 Å². The number of hydrogen-bond acceptors (Lipinski definition) is 7. The minimum absolute atomic E-state index is 0.170. The maximum absolute atomic E-state index is 10.6. The second-order valence-electron chi connectivity index (χ2n) is 10.7. The minimum atomic E-state index is -2.37. The van der Waals surface area contributed by atoms with E-state index in [0.29, 0.717) is 5.52 Å². The number of aromatic nitrogens is 9. The van der Waals surface area contributed by atoms with Crippen LogP contribution in [0, 0.1) is 0 Å². The molecule has 0 saturated heterocycles. The van der Waals surface area contributed by atoms with Crippen LogP contribution < -0.4 is 3.58 Å². The summed E-state index contributed by atoms with van der Waals surface area (Å²) in [5.74, 6) is -0.988. The molecule has 6 heterocycles. The summed E-state index contributed by atoms with van der Waals surface area (Å²) in [6.45, 7) is 6.98. The van der Waals surface area contributed by atoms with Gasteiger partial charge in [0.15, 0.2) is 0 Å². The van der Waals surface area contributed by atoms with E-state index in [4.69, 9.17) is 5.11 Å². The first kappa shape index (κ1) is 33.5. The average Bonchev–Trinajstić information content (AvgIpc) is 3.79. The summed E-state index contributed by atoms with van der Waals surface area (Å²) in [5.41, 5.74) is 2.96. The van der Waals surface area contributed by atoms with E-state index in [9.17, 15) is 4.79 Å². The summed E-state index contributed by atoms with van der Waals surface area (Å²) in [5, 5.41) is 21.2. The van der Waals surface area contributed by atoms with Gasteiger partial charge in [-0.15, -0.1) is 0 Å². The van der Waals surface area contributed by atoms with Gasteiger partial charge in [0.1, 0.15) is 5.56 Å². The Balaban J connectivity index is 0.000000167. The maximum atomic E-state index is 10.6. The Kier molecular flexibility index (Phi) is 12.7. The summed E-state index contributed by atoms with van der Waals surface area (Å²) < 4.78 is 12.3. The number of aromatic carboxylic acids is 1. The topological polar surface area (TPSA) is 128 Å². The molecule has 0 unspecified atom stereocenters. The van der Waals surface area contributed by atoms with Crippen LogP contribution in [0.2, 0.25) is 13.3 Å². The number of carboxylic acid groups (broad SMARTS) is 1. The zero-order valence-electron chi connectivity index (χ0n) is 25.6. The van der Waals surface area contributed by atoms with Crippen molar-refractivity contribution < 1.29 is 9.90 Å². The molecular weight excluding hydrogens is 729 g/mol. The van der Waals surface area contributed by atoms with Crippen molar-refractivity contribution in [2.45, 2.75) is 72.6 Å². The van der Waals surface area contributed by atoms with Gasteiger partial charge in [-0.1, -0.05) is 0 Å². The van der Waals surface area contributed by atoms with Gasteiger partial charge in [0.25, 0.3) is 0 Å². The van der Waals surface area contributed by atoms with Crippen LogP contribution in [0.1, 0.15) is 69.7 Å². The van der Waals surface area contributed by atoms with Crippen LogP contribution in [0.5, 0.6) is 0 Å². The number of carbonyl (C=O) groups is 1. The third kappa shape index (κ3) is 8.20. The predicted octanol–water partition coefficient (Wildman–Crippen LogP) is 6.70. The van der Waals surface area contributed by atoms with Crippen molar-refractivity contribution in [3.8, 4) is 0 Å². The molecule has 6 aromatic rings. The molecular formula is C31H40BrN9O2Sn. The van der Waals surface area contributed by atoms with E-state index >= 15 is 0 Å². The van der Waals surface area contributed by atoms with Crippen molar-refractivity contribution in [3.63, 3.8) is 0 Å². The van der Waals surface area contributed by atoms with E-state index in [1.807, 2.05) is 23.1 Å². The average molecular weight is 769 g/mol. The molecule has 1 N–H and O–H groups in total. The Labute approximate surface area is 269 Å². The summed E-state index contributed by atoms with van der Waals surface area (Å²) in [6, 6.07) is 0. The van der Waals surface area contributed by atoms with Gasteiger partial charge < -0.3 is 5.11 Å². The molecule has 232 valence electrons. The molecule has 0 spiro atoms. The van der Waals surface area contributed by atoms with Gasteiger partial charge in [0.05, 0.1) is 40.3 Å². The second kappa shape index (κ2) is 16.6. The molecule has 0 aliphatic rings. The molecule has 0 fully saturated rings. The van der Waals surface area contributed by atoms with Crippen molar-refractivity contribution in [1.82, 2.24) is 43.8 Å².